The van der Waals surface area contributed by atoms with Crippen LogP contribution in [0.4, 0.5) is 0 Å². The number of rotatable bonds is 6. The number of aromatic nitrogens is 2. The summed E-state index contributed by atoms with van der Waals surface area (Å²) in [5.41, 5.74) is 0.828. The maximum absolute atomic E-state index is 12.3. The zero-order valence-corrected chi connectivity index (χ0v) is 16.1. The maximum atomic E-state index is 12.3. The number of carbonyl (C=O) groups is 1. The number of furan rings is 1. The molecule has 1 amide bonds. The highest BCUT2D eigenvalue weighted by Crippen LogP contribution is 2.22. The van der Waals surface area contributed by atoms with E-state index in [1.54, 1.807) is 12.3 Å². The Morgan fingerprint density at radius 1 is 1.25 bits per heavy atom. The summed E-state index contributed by atoms with van der Waals surface area (Å²) in [4.78, 5) is 19.0. The fraction of sp³-hybridized carbons (Fsp3) is 0.350. The minimum Gasteiger partial charge on any atom is -0.467 e. The van der Waals surface area contributed by atoms with Gasteiger partial charge in [0.2, 0.25) is 17.6 Å². The van der Waals surface area contributed by atoms with Crippen molar-refractivity contribution in [2.45, 2.75) is 25.9 Å². The van der Waals surface area contributed by atoms with Gasteiger partial charge < -0.3 is 14.3 Å². The van der Waals surface area contributed by atoms with Gasteiger partial charge in [0.1, 0.15) is 5.76 Å². The second-order valence-electron chi connectivity index (χ2n) is 6.87. The number of nitrogens with one attached hydrogen (secondary N) is 1. The summed E-state index contributed by atoms with van der Waals surface area (Å²) in [6, 6.07) is 11.0. The van der Waals surface area contributed by atoms with Crippen molar-refractivity contribution < 1.29 is 13.7 Å². The summed E-state index contributed by atoms with van der Waals surface area (Å²) in [7, 11) is 0. The molecule has 0 atom stereocenters. The average molecular weight is 401 g/mol. The quantitative estimate of drug-likeness (QED) is 0.681. The highest BCUT2D eigenvalue weighted by atomic mass is 35.5. The third-order valence-corrected chi connectivity index (χ3v) is 5.12. The van der Waals surface area contributed by atoms with Gasteiger partial charge in [-0.25, -0.2) is 0 Å². The number of hydrogen-bond acceptors (Lipinski definition) is 6. The number of likely N-dealkylation sites (tertiary alicyclic amines) is 1. The molecule has 0 unspecified atom stereocenters. The van der Waals surface area contributed by atoms with Crippen molar-refractivity contribution in [3.63, 3.8) is 0 Å². The molecule has 0 aliphatic carbocycles. The molecule has 3 aromatic rings. The summed E-state index contributed by atoms with van der Waals surface area (Å²) in [5.74, 6) is 1.96. The van der Waals surface area contributed by atoms with Gasteiger partial charge in [0.15, 0.2) is 0 Å². The molecule has 1 aliphatic heterocycles. The van der Waals surface area contributed by atoms with Crippen molar-refractivity contribution in [1.82, 2.24) is 20.4 Å². The molecule has 28 heavy (non-hydrogen) atoms. The minimum absolute atomic E-state index is 0.0240. The second-order valence-corrected chi connectivity index (χ2v) is 7.31. The van der Waals surface area contributed by atoms with E-state index in [0.717, 1.165) is 37.3 Å². The van der Waals surface area contributed by atoms with E-state index < -0.39 is 0 Å². The summed E-state index contributed by atoms with van der Waals surface area (Å²) in [5, 5.41) is 7.62. The van der Waals surface area contributed by atoms with Gasteiger partial charge in [0.25, 0.3) is 0 Å². The van der Waals surface area contributed by atoms with Crippen molar-refractivity contribution in [2.24, 2.45) is 5.92 Å². The van der Waals surface area contributed by atoms with E-state index in [9.17, 15) is 4.79 Å². The fourth-order valence-electron chi connectivity index (χ4n) is 3.34. The second kappa shape index (κ2) is 8.58. The number of nitrogens with zero attached hydrogens (tertiary/aromatic N) is 3. The Morgan fingerprint density at radius 2 is 2.11 bits per heavy atom. The molecule has 1 N–H and O–H groups in total. The van der Waals surface area contributed by atoms with Crippen molar-refractivity contribution in [2.75, 3.05) is 13.1 Å². The Morgan fingerprint density at radius 3 is 2.86 bits per heavy atom. The molecule has 1 aromatic carbocycles. The van der Waals surface area contributed by atoms with Crippen molar-refractivity contribution in [3.05, 3.63) is 59.3 Å². The number of amides is 1. The third-order valence-electron chi connectivity index (χ3n) is 4.89. The van der Waals surface area contributed by atoms with Gasteiger partial charge in [-0.2, -0.15) is 4.98 Å². The lowest BCUT2D eigenvalue weighted by atomic mass is 9.96. The van der Waals surface area contributed by atoms with Crippen LogP contribution in [0.2, 0.25) is 5.02 Å². The molecule has 1 saturated heterocycles. The van der Waals surface area contributed by atoms with E-state index in [1.807, 2.05) is 30.3 Å². The summed E-state index contributed by atoms with van der Waals surface area (Å²) in [6.07, 6.45) is 3.22. The van der Waals surface area contributed by atoms with Crippen molar-refractivity contribution >= 4 is 17.5 Å². The van der Waals surface area contributed by atoms with E-state index >= 15 is 0 Å². The molecule has 8 heteroatoms. The van der Waals surface area contributed by atoms with Crippen LogP contribution in [-0.2, 0) is 17.9 Å². The van der Waals surface area contributed by atoms with Crippen LogP contribution < -0.4 is 5.32 Å². The molecular weight excluding hydrogens is 380 g/mol. The van der Waals surface area contributed by atoms with Crippen LogP contribution in [-0.4, -0.2) is 34.0 Å². The van der Waals surface area contributed by atoms with Crippen LogP contribution in [0, 0.1) is 5.92 Å². The van der Waals surface area contributed by atoms with Crippen LogP contribution in [0.25, 0.3) is 11.4 Å². The topological polar surface area (TPSA) is 84.4 Å². The molecular formula is C20H21ClN4O3. The summed E-state index contributed by atoms with van der Waals surface area (Å²) >= 11 is 6.02. The lowest BCUT2D eigenvalue weighted by Crippen LogP contribution is -2.40. The maximum Gasteiger partial charge on any atom is 0.241 e. The largest absolute Gasteiger partial charge is 0.467 e. The van der Waals surface area contributed by atoms with Gasteiger partial charge in [-0.3, -0.25) is 9.69 Å². The SMILES string of the molecule is O=C(NCc1ccco1)C1CCN(Cc2nc(-c3cccc(Cl)c3)no2)CC1. The zero-order chi connectivity index (χ0) is 19.3. The molecule has 3 heterocycles. The summed E-state index contributed by atoms with van der Waals surface area (Å²) < 4.78 is 10.6. The Bertz CT molecular complexity index is 917. The highest BCUT2D eigenvalue weighted by molar-refractivity contribution is 6.30. The third kappa shape index (κ3) is 4.61. The monoisotopic (exact) mass is 400 g/mol. The molecule has 4 rings (SSSR count). The van der Waals surface area contributed by atoms with Gasteiger partial charge in [-0.05, 0) is 50.2 Å². The predicted molar refractivity (Wildman–Crippen MR) is 103 cm³/mol. The standard InChI is InChI=1S/C20H21ClN4O3/c21-16-4-1-3-15(11-16)19-23-18(28-24-19)13-25-8-6-14(7-9-25)20(26)22-12-17-5-2-10-27-17/h1-5,10-11,14H,6-9,12-13H2,(H,22,26). The molecule has 0 bridgehead atoms. The summed E-state index contributed by atoms with van der Waals surface area (Å²) in [6.45, 7) is 2.63. The van der Waals surface area contributed by atoms with E-state index in [1.165, 1.54) is 0 Å². The molecule has 2 aromatic heterocycles. The Hall–Kier alpha value is -2.64. The molecule has 1 fully saturated rings. The van der Waals surface area contributed by atoms with E-state index in [4.69, 9.17) is 20.5 Å². The number of halogens is 1. The first-order valence-corrected chi connectivity index (χ1v) is 9.66. The Balaban J connectivity index is 1.26. The van der Waals surface area contributed by atoms with Crippen molar-refractivity contribution in [3.8, 4) is 11.4 Å². The van der Waals surface area contributed by atoms with Gasteiger partial charge in [-0.15, -0.1) is 0 Å². The first-order chi connectivity index (χ1) is 13.7. The molecule has 7 nitrogen and oxygen atoms in total. The van der Waals surface area contributed by atoms with Crippen LogP contribution in [0.5, 0.6) is 0 Å². The number of hydrogen-bond donors (Lipinski definition) is 1. The fourth-order valence-corrected chi connectivity index (χ4v) is 3.53. The van der Waals surface area contributed by atoms with Crippen molar-refractivity contribution in [1.29, 1.82) is 0 Å². The lowest BCUT2D eigenvalue weighted by Gasteiger charge is -2.30. The Labute approximate surface area is 167 Å². The number of carbonyl (C=O) groups excluding carboxylic acids is 1. The lowest BCUT2D eigenvalue weighted by molar-refractivity contribution is -0.126. The first kappa shape index (κ1) is 18.7. The predicted octanol–water partition coefficient (Wildman–Crippen LogP) is 3.51. The first-order valence-electron chi connectivity index (χ1n) is 9.28. The van der Waals surface area contributed by atoms with Crippen LogP contribution >= 0.6 is 11.6 Å². The van der Waals surface area contributed by atoms with E-state index in [0.29, 0.717) is 29.8 Å². The highest BCUT2D eigenvalue weighted by Gasteiger charge is 2.26. The Kier molecular flexibility index (Phi) is 5.73. The van der Waals surface area contributed by atoms with Gasteiger partial charge >= 0.3 is 0 Å². The van der Waals surface area contributed by atoms with E-state index in [-0.39, 0.29) is 11.8 Å². The smallest absolute Gasteiger partial charge is 0.241 e. The minimum atomic E-state index is 0.0240. The molecule has 146 valence electrons. The molecule has 1 aliphatic rings. The van der Waals surface area contributed by atoms with Gasteiger partial charge in [0.05, 0.1) is 19.4 Å². The zero-order valence-electron chi connectivity index (χ0n) is 15.3. The number of benzene rings is 1. The molecule has 0 radical (unpaired) electrons. The number of piperidine rings is 1. The average Bonchev–Trinajstić information content (AvgIpc) is 3.39. The van der Waals surface area contributed by atoms with Crippen LogP contribution in [0.15, 0.2) is 51.6 Å². The van der Waals surface area contributed by atoms with E-state index in [2.05, 4.69) is 20.4 Å². The molecule has 0 saturated carbocycles. The van der Waals surface area contributed by atoms with Crippen LogP contribution in [0.1, 0.15) is 24.5 Å². The normalized spacial score (nSPS) is 15.6. The van der Waals surface area contributed by atoms with Gasteiger partial charge in [-0.1, -0.05) is 28.9 Å². The van der Waals surface area contributed by atoms with Gasteiger partial charge in [0, 0.05) is 16.5 Å². The molecule has 0 spiro atoms. The van der Waals surface area contributed by atoms with Crippen LogP contribution in [0.3, 0.4) is 0 Å².